The maximum absolute atomic E-state index is 5.49. The molecule has 1 N–H and O–H groups in total. The lowest BCUT2D eigenvalue weighted by Gasteiger charge is -2.18. The minimum atomic E-state index is 0.515. The lowest BCUT2D eigenvalue weighted by atomic mass is 9.91. The lowest BCUT2D eigenvalue weighted by Crippen LogP contribution is -2.34. The smallest absolute Gasteiger partial charge is 0.0591 e. The molecule has 16 heavy (non-hydrogen) atoms. The van der Waals surface area contributed by atoms with Gasteiger partial charge in [0.15, 0.2) is 0 Å². The van der Waals surface area contributed by atoms with Crippen LogP contribution in [0.5, 0.6) is 0 Å². The van der Waals surface area contributed by atoms with Crippen molar-refractivity contribution >= 4 is 0 Å². The van der Waals surface area contributed by atoms with E-state index in [2.05, 4.69) is 32.7 Å². The molecule has 0 aliphatic heterocycles. The second kappa shape index (κ2) is 6.41. The van der Waals surface area contributed by atoms with E-state index in [1.54, 1.807) is 0 Å². The summed E-state index contributed by atoms with van der Waals surface area (Å²) in [6, 6.07) is 0.679. The van der Waals surface area contributed by atoms with Crippen LogP contribution in [-0.4, -0.2) is 25.8 Å². The van der Waals surface area contributed by atoms with E-state index in [0.717, 1.165) is 32.1 Å². The predicted octanol–water partition coefficient (Wildman–Crippen LogP) is 2.99. The Morgan fingerprint density at radius 2 is 2.12 bits per heavy atom. The van der Waals surface area contributed by atoms with Crippen LogP contribution < -0.4 is 5.32 Å². The maximum Gasteiger partial charge on any atom is 0.0591 e. The van der Waals surface area contributed by atoms with E-state index in [1.165, 1.54) is 12.8 Å². The number of hydrogen-bond acceptors (Lipinski definition) is 2. The van der Waals surface area contributed by atoms with Crippen LogP contribution in [0.2, 0.25) is 0 Å². The molecule has 2 nitrogen and oxygen atoms in total. The monoisotopic (exact) mass is 225 g/mol. The highest BCUT2D eigenvalue weighted by Crippen LogP contribution is 2.40. The molecule has 1 rings (SSSR count). The molecule has 0 aromatic rings. The van der Waals surface area contributed by atoms with Gasteiger partial charge in [-0.05, 0) is 30.6 Å². The van der Waals surface area contributed by atoms with Crippen molar-refractivity contribution in [2.24, 2.45) is 11.3 Å². The molecular formula is C14H27NO. The molecule has 0 aromatic heterocycles. The van der Waals surface area contributed by atoms with Gasteiger partial charge in [0, 0.05) is 12.6 Å². The number of nitrogens with one attached hydrogen (secondary N) is 1. The van der Waals surface area contributed by atoms with Crippen LogP contribution in [0.1, 0.15) is 40.0 Å². The number of rotatable bonds is 7. The first-order valence-electron chi connectivity index (χ1n) is 6.47. The maximum atomic E-state index is 5.49. The van der Waals surface area contributed by atoms with Gasteiger partial charge >= 0.3 is 0 Å². The molecule has 0 amide bonds. The average molecular weight is 225 g/mol. The van der Waals surface area contributed by atoms with Crippen LogP contribution in [0.3, 0.4) is 0 Å². The molecule has 2 unspecified atom stereocenters. The van der Waals surface area contributed by atoms with Gasteiger partial charge in [-0.15, -0.1) is 6.58 Å². The zero-order valence-electron chi connectivity index (χ0n) is 11.1. The predicted molar refractivity (Wildman–Crippen MR) is 69.6 cm³/mol. The Morgan fingerprint density at radius 1 is 1.38 bits per heavy atom. The van der Waals surface area contributed by atoms with Crippen LogP contribution in [0.15, 0.2) is 12.7 Å². The van der Waals surface area contributed by atoms with E-state index in [1.807, 2.05) is 6.08 Å². The molecule has 1 saturated carbocycles. The zero-order valence-corrected chi connectivity index (χ0v) is 11.1. The molecule has 0 spiro atoms. The standard InChI is InChI=1S/C14H27NO/c1-5-6-8-16-9-7-15-13-11-14(3,4)10-12(13)2/h5,12-13,15H,1,6-11H2,2-4H3. The van der Waals surface area contributed by atoms with Crippen LogP contribution >= 0.6 is 0 Å². The summed E-state index contributed by atoms with van der Waals surface area (Å²) >= 11 is 0. The third kappa shape index (κ3) is 4.67. The summed E-state index contributed by atoms with van der Waals surface area (Å²) in [5.41, 5.74) is 0.515. The molecule has 1 aliphatic rings. The highest BCUT2D eigenvalue weighted by Gasteiger charge is 2.35. The molecule has 0 saturated heterocycles. The van der Waals surface area contributed by atoms with E-state index in [-0.39, 0.29) is 0 Å². The molecule has 94 valence electrons. The van der Waals surface area contributed by atoms with Gasteiger partial charge in [-0.3, -0.25) is 0 Å². The molecule has 0 aromatic carbocycles. The molecular weight excluding hydrogens is 198 g/mol. The Bertz CT molecular complexity index is 213. The van der Waals surface area contributed by atoms with E-state index < -0.39 is 0 Å². The molecule has 1 fully saturated rings. The van der Waals surface area contributed by atoms with Gasteiger partial charge in [-0.25, -0.2) is 0 Å². The summed E-state index contributed by atoms with van der Waals surface area (Å²) in [6.45, 7) is 13.4. The van der Waals surface area contributed by atoms with Crippen molar-refractivity contribution in [2.45, 2.75) is 46.1 Å². The van der Waals surface area contributed by atoms with E-state index in [9.17, 15) is 0 Å². The van der Waals surface area contributed by atoms with Crippen LogP contribution in [-0.2, 0) is 4.74 Å². The highest BCUT2D eigenvalue weighted by molar-refractivity contribution is 4.90. The summed E-state index contributed by atoms with van der Waals surface area (Å²) in [7, 11) is 0. The van der Waals surface area contributed by atoms with Crippen molar-refractivity contribution in [3.8, 4) is 0 Å². The molecule has 0 radical (unpaired) electrons. The van der Waals surface area contributed by atoms with Crippen molar-refractivity contribution in [1.29, 1.82) is 0 Å². The van der Waals surface area contributed by atoms with Crippen molar-refractivity contribution in [3.05, 3.63) is 12.7 Å². The average Bonchev–Trinajstić information content (AvgIpc) is 2.45. The molecule has 1 aliphatic carbocycles. The Kier molecular flexibility index (Phi) is 5.50. The van der Waals surface area contributed by atoms with Crippen molar-refractivity contribution in [1.82, 2.24) is 5.32 Å². The summed E-state index contributed by atoms with van der Waals surface area (Å²) in [4.78, 5) is 0. The molecule has 2 heteroatoms. The fourth-order valence-electron chi connectivity index (χ4n) is 2.75. The van der Waals surface area contributed by atoms with Gasteiger partial charge < -0.3 is 10.1 Å². The van der Waals surface area contributed by atoms with Crippen LogP contribution in [0.4, 0.5) is 0 Å². The van der Waals surface area contributed by atoms with E-state index >= 15 is 0 Å². The second-order valence-electron chi connectivity index (χ2n) is 5.80. The molecule has 0 bridgehead atoms. The summed E-state index contributed by atoms with van der Waals surface area (Å²) < 4.78 is 5.49. The lowest BCUT2D eigenvalue weighted by molar-refractivity contribution is 0.136. The quantitative estimate of drug-likeness (QED) is 0.531. The van der Waals surface area contributed by atoms with Crippen molar-refractivity contribution in [3.63, 3.8) is 0 Å². The Hall–Kier alpha value is -0.340. The second-order valence-corrected chi connectivity index (χ2v) is 5.80. The Morgan fingerprint density at radius 3 is 2.69 bits per heavy atom. The van der Waals surface area contributed by atoms with Gasteiger partial charge in [0.05, 0.1) is 13.2 Å². The highest BCUT2D eigenvalue weighted by atomic mass is 16.5. The summed E-state index contributed by atoms with van der Waals surface area (Å²) in [6.07, 6.45) is 5.48. The van der Waals surface area contributed by atoms with Crippen molar-refractivity contribution in [2.75, 3.05) is 19.8 Å². The minimum Gasteiger partial charge on any atom is -0.380 e. The largest absolute Gasteiger partial charge is 0.380 e. The van der Waals surface area contributed by atoms with E-state index in [4.69, 9.17) is 4.74 Å². The van der Waals surface area contributed by atoms with Crippen molar-refractivity contribution < 1.29 is 4.74 Å². The van der Waals surface area contributed by atoms with Gasteiger partial charge in [0.2, 0.25) is 0 Å². The van der Waals surface area contributed by atoms with Crippen LogP contribution in [0, 0.1) is 11.3 Å². The Labute approximate surface area is 100 Å². The summed E-state index contributed by atoms with van der Waals surface area (Å²) in [5, 5.41) is 3.61. The van der Waals surface area contributed by atoms with Gasteiger partial charge in [0.1, 0.15) is 0 Å². The SMILES string of the molecule is C=CCCOCCNC1CC(C)(C)CC1C. The number of ether oxygens (including phenoxy) is 1. The first-order valence-corrected chi connectivity index (χ1v) is 6.47. The third-order valence-corrected chi connectivity index (χ3v) is 3.45. The van der Waals surface area contributed by atoms with Gasteiger partial charge in [-0.1, -0.05) is 26.8 Å². The first kappa shape index (κ1) is 13.7. The fourth-order valence-corrected chi connectivity index (χ4v) is 2.75. The number of hydrogen-bond donors (Lipinski definition) is 1. The topological polar surface area (TPSA) is 21.3 Å². The normalized spacial score (nSPS) is 28.2. The zero-order chi connectivity index (χ0) is 12.0. The van der Waals surface area contributed by atoms with E-state index in [0.29, 0.717) is 11.5 Å². The van der Waals surface area contributed by atoms with Gasteiger partial charge in [-0.2, -0.15) is 0 Å². The third-order valence-electron chi connectivity index (χ3n) is 3.45. The van der Waals surface area contributed by atoms with Crippen LogP contribution in [0.25, 0.3) is 0 Å². The first-order chi connectivity index (χ1) is 7.55. The summed E-state index contributed by atoms with van der Waals surface area (Å²) in [5.74, 6) is 0.795. The van der Waals surface area contributed by atoms with Gasteiger partial charge in [0.25, 0.3) is 0 Å². The Balaban J connectivity index is 2.07. The minimum absolute atomic E-state index is 0.515. The molecule has 2 atom stereocenters. The molecule has 0 heterocycles. The fraction of sp³-hybridized carbons (Fsp3) is 0.857.